The van der Waals surface area contributed by atoms with Crippen molar-refractivity contribution in [2.75, 3.05) is 12.4 Å². The second-order valence-electron chi connectivity index (χ2n) is 6.26. The lowest BCUT2D eigenvalue weighted by molar-refractivity contribution is 0.302. The third-order valence-electron chi connectivity index (χ3n) is 3.69. The molecule has 0 aliphatic heterocycles. The van der Waals surface area contributed by atoms with E-state index in [4.69, 9.17) is 4.74 Å². The molecule has 0 amide bonds. The quantitative estimate of drug-likeness (QED) is 0.813. The van der Waals surface area contributed by atoms with Crippen molar-refractivity contribution >= 4 is 21.5 Å². The van der Waals surface area contributed by atoms with Gasteiger partial charge in [0, 0.05) is 24.0 Å². The third kappa shape index (κ3) is 4.49. The Bertz CT molecular complexity index is 777. The van der Waals surface area contributed by atoms with Crippen LogP contribution in [0.5, 0.6) is 5.75 Å². The lowest BCUT2D eigenvalue weighted by Crippen LogP contribution is -2.41. The Morgan fingerprint density at radius 1 is 1.00 bits per heavy atom. The highest BCUT2D eigenvalue weighted by Crippen LogP contribution is 2.23. The molecule has 0 saturated carbocycles. The van der Waals surface area contributed by atoms with E-state index < -0.39 is 10.0 Å². The maximum absolute atomic E-state index is 12.8. The van der Waals surface area contributed by atoms with E-state index in [0.29, 0.717) is 5.82 Å². The summed E-state index contributed by atoms with van der Waals surface area (Å²) in [4.78, 5) is 4.43. The van der Waals surface area contributed by atoms with E-state index in [9.17, 15) is 8.42 Å². The molecular weight excluding hydrogens is 338 g/mol. The number of methoxy groups -OCH3 is 1. The number of benzene rings is 1. The highest BCUT2D eigenvalue weighted by Gasteiger charge is 2.29. The molecule has 2 rings (SSSR count). The zero-order valence-corrected chi connectivity index (χ0v) is 16.0. The molecule has 25 heavy (non-hydrogen) atoms. The Morgan fingerprint density at radius 3 is 2.04 bits per heavy atom. The minimum atomic E-state index is -3.57. The summed E-state index contributed by atoms with van der Waals surface area (Å²) in [5, 5.41) is 3.13. The van der Waals surface area contributed by atoms with Crippen molar-refractivity contribution in [2.24, 2.45) is 0 Å². The fraction of sp³-hybridized carbons (Fsp3) is 0.389. The molecule has 1 aromatic heterocycles. The number of aromatic nitrogens is 1. The predicted octanol–water partition coefficient (Wildman–Crippen LogP) is 3.64. The Hall–Kier alpha value is -2.12. The van der Waals surface area contributed by atoms with Crippen molar-refractivity contribution in [2.45, 2.75) is 44.7 Å². The van der Waals surface area contributed by atoms with Gasteiger partial charge in [-0.05, 0) is 64.1 Å². The number of pyridine rings is 1. The standard InChI is InChI=1S/C18H25N3O3S/c1-13(2)21(14(3)4)25(22,23)17-10-11-18(19-12-17)20-15-6-8-16(24-5)9-7-15/h6-14H,1-5H3,(H,19,20). The van der Waals surface area contributed by atoms with Crippen LogP contribution in [0.15, 0.2) is 47.5 Å². The van der Waals surface area contributed by atoms with Crippen LogP contribution in [0.25, 0.3) is 0 Å². The predicted molar refractivity (Wildman–Crippen MR) is 99.8 cm³/mol. The van der Waals surface area contributed by atoms with Crippen LogP contribution in [0.1, 0.15) is 27.7 Å². The van der Waals surface area contributed by atoms with Gasteiger partial charge in [-0.3, -0.25) is 0 Å². The second kappa shape index (κ2) is 7.84. The SMILES string of the molecule is COc1ccc(Nc2ccc(S(=O)(=O)N(C(C)C)C(C)C)cn2)cc1. The minimum absolute atomic E-state index is 0.123. The average molecular weight is 363 g/mol. The van der Waals surface area contributed by atoms with Gasteiger partial charge in [-0.15, -0.1) is 0 Å². The lowest BCUT2D eigenvalue weighted by atomic mass is 10.3. The molecule has 0 unspecified atom stereocenters. The van der Waals surface area contributed by atoms with Gasteiger partial charge >= 0.3 is 0 Å². The minimum Gasteiger partial charge on any atom is -0.497 e. The van der Waals surface area contributed by atoms with Gasteiger partial charge in [-0.25, -0.2) is 13.4 Å². The van der Waals surface area contributed by atoms with Gasteiger partial charge in [0.25, 0.3) is 0 Å². The van der Waals surface area contributed by atoms with Crippen molar-refractivity contribution in [3.63, 3.8) is 0 Å². The molecule has 2 aromatic rings. The van der Waals surface area contributed by atoms with Crippen molar-refractivity contribution in [1.29, 1.82) is 0 Å². The van der Waals surface area contributed by atoms with Crippen LogP contribution in [0.3, 0.4) is 0 Å². The molecule has 0 saturated heterocycles. The number of nitrogens with one attached hydrogen (secondary N) is 1. The largest absolute Gasteiger partial charge is 0.497 e. The number of sulfonamides is 1. The topological polar surface area (TPSA) is 71.5 Å². The molecule has 0 aliphatic rings. The summed E-state index contributed by atoms with van der Waals surface area (Å²) in [5.74, 6) is 1.34. The number of nitrogens with zero attached hydrogens (tertiary/aromatic N) is 2. The molecule has 1 heterocycles. The molecule has 0 bridgehead atoms. The van der Waals surface area contributed by atoms with Crippen molar-refractivity contribution < 1.29 is 13.2 Å². The van der Waals surface area contributed by atoms with E-state index in [2.05, 4.69) is 10.3 Å². The fourth-order valence-corrected chi connectivity index (χ4v) is 4.48. The summed E-state index contributed by atoms with van der Waals surface area (Å²) in [6.45, 7) is 7.46. The van der Waals surface area contributed by atoms with Crippen LogP contribution in [-0.2, 0) is 10.0 Å². The molecule has 7 heteroatoms. The normalized spacial score (nSPS) is 12.0. The van der Waals surface area contributed by atoms with Crippen molar-refractivity contribution in [1.82, 2.24) is 9.29 Å². The summed E-state index contributed by atoms with van der Waals surface area (Å²) in [7, 11) is -1.96. The first-order valence-electron chi connectivity index (χ1n) is 8.16. The smallest absolute Gasteiger partial charge is 0.245 e. The van der Waals surface area contributed by atoms with Gasteiger partial charge in [0.1, 0.15) is 16.5 Å². The first kappa shape index (κ1) is 19.2. The van der Waals surface area contributed by atoms with Gasteiger partial charge in [-0.1, -0.05) is 0 Å². The second-order valence-corrected chi connectivity index (χ2v) is 8.10. The molecule has 1 N–H and O–H groups in total. The van der Waals surface area contributed by atoms with Crippen LogP contribution < -0.4 is 10.1 Å². The van der Waals surface area contributed by atoms with Crippen LogP contribution in [0.4, 0.5) is 11.5 Å². The summed E-state index contributed by atoms with van der Waals surface area (Å²) in [6, 6.07) is 10.4. The van der Waals surface area contributed by atoms with Crippen LogP contribution in [0, 0.1) is 0 Å². The van der Waals surface area contributed by atoms with Crippen LogP contribution >= 0.6 is 0 Å². The van der Waals surface area contributed by atoms with E-state index in [1.165, 1.54) is 10.5 Å². The maximum atomic E-state index is 12.8. The van der Waals surface area contributed by atoms with Gasteiger partial charge in [0.2, 0.25) is 10.0 Å². The number of ether oxygens (including phenoxy) is 1. The van der Waals surface area contributed by atoms with E-state index in [-0.39, 0.29) is 17.0 Å². The fourth-order valence-electron chi connectivity index (χ4n) is 2.70. The molecule has 136 valence electrons. The molecule has 1 aromatic carbocycles. The van der Waals surface area contributed by atoms with Gasteiger partial charge in [0.15, 0.2) is 0 Å². The maximum Gasteiger partial charge on any atom is 0.245 e. The number of hydrogen-bond acceptors (Lipinski definition) is 5. The Kier molecular flexibility index (Phi) is 6.02. The van der Waals surface area contributed by atoms with Gasteiger partial charge in [0.05, 0.1) is 7.11 Å². The van der Waals surface area contributed by atoms with E-state index in [1.807, 2.05) is 52.0 Å². The van der Waals surface area contributed by atoms with E-state index in [1.54, 1.807) is 19.2 Å². The summed E-state index contributed by atoms with van der Waals surface area (Å²) < 4.78 is 32.2. The number of anilines is 2. The van der Waals surface area contributed by atoms with Gasteiger partial charge in [-0.2, -0.15) is 4.31 Å². The average Bonchev–Trinajstić information content (AvgIpc) is 2.55. The van der Waals surface area contributed by atoms with E-state index >= 15 is 0 Å². The summed E-state index contributed by atoms with van der Waals surface area (Å²) >= 11 is 0. The highest BCUT2D eigenvalue weighted by atomic mass is 32.2. The highest BCUT2D eigenvalue weighted by molar-refractivity contribution is 7.89. The molecule has 0 radical (unpaired) electrons. The van der Waals surface area contributed by atoms with Crippen molar-refractivity contribution in [3.8, 4) is 5.75 Å². The molecule has 0 aliphatic carbocycles. The number of hydrogen-bond donors (Lipinski definition) is 1. The van der Waals surface area contributed by atoms with Gasteiger partial charge < -0.3 is 10.1 Å². The Morgan fingerprint density at radius 2 is 1.60 bits per heavy atom. The molecule has 0 atom stereocenters. The number of rotatable bonds is 7. The lowest BCUT2D eigenvalue weighted by Gasteiger charge is -2.29. The molecule has 6 nitrogen and oxygen atoms in total. The molecular formula is C18H25N3O3S. The van der Waals surface area contributed by atoms with Crippen molar-refractivity contribution in [3.05, 3.63) is 42.6 Å². The Balaban J connectivity index is 2.20. The molecule has 0 spiro atoms. The van der Waals surface area contributed by atoms with Crippen LogP contribution in [-0.4, -0.2) is 36.9 Å². The summed E-state index contributed by atoms with van der Waals surface area (Å²) in [5.41, 5.74) is 0.842. The monoisotopic (exact) mass is 363 g/mol. The Labute approximate surface area is 149 Å². The first-order valence-corrected chi connectivity index (χ1v) is 9.60. The zero-order valence-electron chi connectivity index (χ0n) is 15.2. The molecule has 0 fully saturated rings. The third-order valence-corrected chi connectivity index (χ3v) is 5.93. The van der Waals surface area contributed by atoms with Crippen LogP contribution in [0.2, 0.25) is 0 Å². The van der Waals surface area contributed by atoms with E-state index in [0.717, 1.165) is 11.4 Å². The first-order chi connectivity index (χ1) is 11.8. The summed E-state index contributed by atoms with van der Waals surface area (Å²) in [6.07, 6.45) is 1.39. The zero-order chi connectivity index (χ0) is 18.6.